The molecule has 0 aromatic heterocycles. The second-order valence-electron chi connectivity index (χ2n) is 3.99. The molecule has 0 unspecified atom stereocenters. The van der Waals surface area contributed by atoms with Gasteiger partial charge in [0.25, 0.3) is 0 Å². The molecular formula is C13H13F3O. The number of allylic oxidation sites excluding steroid dienone is 1. The normalized spacial score (nSPS) is 12.4. The van der Waals surface area contributed by atoms with Gasteiger partial charge in [0.1, 0.15) is 6.29 Å². The topological polar surface area (TPSA) is 17.1 Å². The van der Waals surface area contributed by atoms with Crippen molar-refractivity contribution in [3.05, 3.63) is 41.0 Å². The molecule has 1 rings (SSSR count). The van der Waals surface area contributed by atoms with Gasteiger partial charge in [-0.05, 0) is 29.2 Å². The van der Waals surface area contributed by atoms with E-state index in [0.29, 0.717) is 11.8 Å². The molecule has 0 amide bonds. The van der Waals surface area contributed by atoms with E-state index in [1.807, 2.05) is 13.8 Å². The Balaban J connectivity index is 3.31. The van der Waals surface area contributed by atoms with E-state index in [0.717, 1.165) is 12.1 Å². The van der Waals surface area contributed by atoms with Crippen LogP contribution in [0.3, 0.4) is 0 Å². The van der Waals surface area contributed by atoms with Gasteiger partial charge < -0.3 is 0 Å². The zero-order chi connectivity index (χ0) is 13.1. The largest absolute Gasteiger partial charge is 0.416 e. The molecular weight excluding hydrogens is 229 g/mol. The van der Waals surface area contributed by atoms with Crippen LogP contribution in [0, 0.1) is 0 Å². The number of carbonyl (C=O) groups is 1. The summed E-state index contributed by atoms with van der Waals surface area (Å²) in [5.74, 6) is 0.0280. The first-order chi connectivity index (χ1) is 7.86. The zero-order valence-corrected chi connectivity index (χ0v) is 9.58. The van der Waals surface area contributed by atoms with Crippen molar-refractivity contribution in [3.63, 3.8) is 0 Å². The molecule has 92 valence electrons. The summed E-state index contributed by atoms with van der Waals surface area (Å²) >= 11 is 0. The highest BCUT2D eigenvalue weighted by molar-refractivity contribution is 5.74. The van der Waals surface area contributed by atoms with E-state index >= 15 is 0 Å². The first kappa shape index (κ1) is 13.5. The molecule has 1 aromatic rings. The molecule has 0 spiro atoms. The monoisotopic (exact) mass is 242 g/mol. The maximum absolute atomic E-state index is 12.8. The van der Waals surface area contributed by atoms with Crippen LogP contribution in [0.2, 0.25) is 0 Å². The van der Waals surface area contributed by atoms with Crippen LogP contribution in [0.15, 0.2) is 24.3 Å². The lowest BCUT2D eigenvalue weighted by atomic mass is 9.97. The van der Waals surface area contributed by atoms with E-state index in [1.165, 1.54) is 12.1 Å². The molecule has 0 radical (unpaired) electrons. The molecule has 0 saturated heterocycles. The Morgan fingerprint density at radius 3 is 2.35 bits per heavy atom. The van der Waals surface area contributed by atoms with Crippen LogP contribution < -0.4 is 0 Å². The van der Waals surface area contributed by atoms with Gasteiger partial charge in [-0.25, -0.2) is 0 Å². The Kier molecular flexibility index (Phi) is 4.10. The lowest BCUT2D eigenvalue weighted by Gasteiger charge is -2.14. The van der Waals surface area contributed by atoms with Gasteiger partial charge in [-0.2, -0.15) is 13.2 Å². The van der Waals surface area contributed by atoms with Crippen LogP contribution in [0.5, 0.6) is 0 Å². The number of carbonyl (C=O) groups excluding carboxylic acids is 1. The van der Waals surface area contributed by atoms with E-state index in [2.05, 4.69) is 0 Å². The number of alkyl halides is 3. The molecule has 4 heteroatoms. The van der Waals surface area contributed by atoms with Gasteiger partial charge in [0.05, 0.1) is 5.56 Å². The Bertz CT molecular complexity index is 431. The van der Waals surface area contributed by atoms with Gasteiger partial charge in [0.2, 0.25) is 0 Å². The van der Waals surface area contributed by atoms with E-state index in [9.17, 15) is 18.0 Å². The van der Waals surface area contributed by atoms with Gasteiger partial charge in [-0.15, -0.1) is 0 Å². The number of benzene rings is 1. The minimum atomic E-state index is -4.41. The van der Waals surface area contributed by atoms with E-state index in [1.54, 1.807) is 6.07 Å². The molecule has 0 bridgehead atoms. The fourth-order valence-electron chi connectivity index (χ4n) is 1.47. The molecule has 0 fully saturated rings. The summed E-state index contributed by atoms with van der Waals surface area (Å²) < 4.78 is 38.4. The van der Waals surface area contributed by atoms with Gasteiger partial charge in [-0.3, -0.25) is 4.79 Å². The molecule has 1 nitrogen and oxygen atoms in total. The highest BCUT2D eigenvalue weighted by atomic mass is 19.4. The van der Waals surface area contributed by atoms with Crippen molar-refractivity contribution in [1.29, 1.82) is 0 Å². The summed E-state index contributed by atoms with van der Waals surface area (Å²) in [4.78, 5) is 10.1. The second kappa shape index (κ2) is 5.17. The Hall–Kier alpha value is -1.58. The van der Waals surface area contributed by atoms with Crippen LogP contribution in [0.1, 0.15) is 36.5 Å². The molecule has 17 heavy (non-hydrogen) atoms. The Labute approximate surface area is 98.0 Å². The number of hydrogen-bond acceptors (Lipinski definition) is 1. The van der Waals surface area contributed by atoms with Crippen molar-refractivity contribution in [2.75, 3.05) is 0 Å². The number of halogens is 3. The molecule has 1 aromatic carbocycles. The van der Waals surface area contributed by atoms with Crippen LogP contribution in [-0.4, -0.2) is 6.29 Å². The minimum absolute atomic E-state index is 0.00833. The smallest absolute Gasteiger partial charge is 0.299 e. The third kappa shape index (κ3) is 3.44. The molecule has 0 heterocycles. The third-order valence-corrected chi connectivity index (χ3v) is 2.40. The summed E-state index contributed by atoms with van der Waals surface area (Å²) in [6.45, 7) is 3.66. The lowest BCUT2D eigenvalue weighted by Crippen LogP contribution is -2.08. The molecule has 0 aliphatic rings. The summed E-state index contributed by atoms with van der Waals surface area (Å²) in [6, 6.07) is 4.16. The molecule has 0 aliphatic carbocycles. The minimum Gasteiger partial charge on any atom is -0.299 e. The van der Waals surface area contributed by atoms with Gasteiger partial charge >= 0.3 is 6.18 Å². The highest BCUT2D eigenvalue weighted by Crippen LogP contribution is 2.34. The fourth-order valence-corrected chi connectivity index (χ4v) is 1.47. The molecule has 0 aliphatic heterocycles. The van der Waals surface area contributed by atoms with Crippen LogP contribution in [0.25, 0.3) is 6.08 Å². The number of aldehydes is 1. The van der Waals surface area contributed by atoms with E-state index in [-0.39, 0.29) is 11.5 Å². The standard InChI is InChI=1S/C13H13F3O/c1-9(2)11-6-5-10(4-3-7-17)12(8-11)13(14,15)16/h3-9H,1-2H3/b4-3+. The predicted molar refractivity (Wildman–Crippen MR) is 60.6 cm³/mol. The lowest BCUT2D eigenvalue weighted by molar-refractivity contribution is -0.137. The summed E-state index contributed by atoms with van der Waals surface area (Å²) in [5, 5.41) is 0. The van der Waals surface area contributed by atoms with E-state index in [4.69, 9.17) is 0 Å². The number of rotatable bonds is 3. The quantitative estimate of drug-likeness (QED) is 0.577. The summed E-state index contributed by atoms with van der Waals surface area (Å²) in [7, 11) is 0. The van der Waals surface area contributed by atoms with Gasteiger partial charge in [0, 0.05) is 0 Å². The average Bonchev–Trinajstić information content (AvgIpc) is 2.24. The van der Waals surface area contributed by atoms with Gasteiger partial charge in [-0.1, -0.05) is 32.1 Å². The third-order valence-electron chi connectivity index (χ3n) is 2.40. The van der Waals surface area contributed by atoms with Gasteiger partial charge in [0.15, 0.2) is 0 Å². The molecule has 0 saturated carbocycles. The SMILES string of the molecule is CC(C)c1ccc(/C=C/C=O)c(C(F)(F)F)c1. The molecule has 0 atom stereocenters. The van der Waals surface area contributed by atoms with Crippen molar-refractivity contribution in [3.8, 4) is 0 Å². The first-order valence-corrected chi connectivity index (χ1v) is 5.19. The van der Waals surface area contributed by atoms with E-state index < -0.39 is 11.7 Å². The second-order valence-corrected chi connectivity index (χ2v) is 3.99. The van der Waals surface area contributed by atoms with Crippen molar-refractivity contribution < 1.29 is 18.0 Å². The van der Waals surface area contributed by atoms with Crippen molar-refractivity contribution >= 4 is 12.4 Å². The zero-order valence-electron chi connectivity index (χ0n) is 9.58. The highest BCUT2D eigenvalue weighted by Gasteiger charge is 2.33. The number of hydrogen-bond donors (Lipinski definition) is 0. The van der Waals surface area contributed by atoms with Crippen molar-refractivity contribution in [2.45, 2.75) is 25.9 Å². The van der Waals surface area contributed by atoms with Crippen LogP contribution >= 0.6 is 0 Å². The van der Waals surface area contributed by atoms with Crippen molar-refractivity contribution in [1.82, 2.24) is 0 Å². The molecule has 0 N–H and O–H groups in total. The average molecular weight is 242 g/mol. The van der Waals surface area contributed by atoms with Crippen molar-refractivity contribution in [2.24, 2.45) is 0 Å². The maximum atomic E-state index is 12.8. The fraction of sp³-hybridized carbons (Fsp3) is 0.308. The summed E-state index contributed by atoms with van der Waals surface area (Å²) in [5.41, 5.74) is -0.0728. The first-order valence-electron chi connectivity index (χ1n) is 5.19. The summed E-state index contributed by atoms with van der Waals surface area (Å²) in [6.07, 6.45) is -1.73. The maximum Gasteiger partial charge on any atom is 0.416 e. The Morgan fingerprint density at radius 2 is 1.88 bits per heavy atom. The predicted octanol–water partition coefficient (Wildman–Crippen LogP) is 4.04. The van der Waals surface area contributed by atoms with Crippen LogP contribution in [0.4, 0.5) is 13.2 Å². The van der Waals surface area contributed by atoms with Crippen LogP contribution in [-0.2, 0) is 11.0 Å². The Morgan fingerprint density at radius 1 is 1.24 bits per heavy atom.